The Morgan fingerprint density at radius 2 is 2.35 bits per heavy atom. The van der Waals surface area contributed by atoms with Crippen molar-refractivity contribution in [3.05, 3.63) is 27.9 Å². The van der Waals surface area contributed by atoms with Crippen molar-refractivity contribution in [2.24, 2.45) is 0 Å². The van der Waals surface area contributed by atoms with Crippen LogP contribution in [0.1, 0.15) is 29.6 Å². The number of hydrogen-bond acceptors (Lipinski definition) is 6. The molecule has 0 amide bonds. The highest BCUT2D eigenvalue weighted by molar-refractivity contribution is 5.93. The van der Waals surface area contributed by atoms with E-state index >= 15 is 0 Å². The minimum absolute atomic E-state index is 0.235. The molecule has 1 aromatic rings. The molecule has 1 N–H and O–H groups in total. The Hall–Kier alpha value is -2.69. The summed E-state index contributed by atoms with van der Waals surface area (Å²) in [4.78, 5) is 26.9. The second-order valence-corrected chi connectivity index (χ2v) is 4.45. The molecule has 1 aromatic heterocycles. The molecule has 0 atom stereocenters. The van der Waals surface area contributed by atoms with E-state index in [-0.39, 0.29) is 18.0 Å². The van der Waals surface area contributed by atoms with Crippen LogP contribution in [0, 0.1) is 21.4 Å². The molecule has 1 aliphatic rings. The van der Waals surface area contributed by atoms with Gasteiger partial charge in [0.25, 0.3) is 0 Å². The van der Waals surface area contributed by atoms with E-state index in [1.54, 1.807) is 0 Å². The summed E-state index contributed by atoms with van der Waals surface area (Å²) in [6.45, 7) is 0.436. The van der Waals surface area contributed by atoms with Crippen LogP contribution in [0.2, 0.25) is 0 Å². The molecule has 0 spiro atoms. The Balaban J connectivity index is 2.36. The molecule has 0 aliphatic heterocycles. The highest BCUT2D eigenvalue weighted by Crippen LogP contribution is 2.32. The summed E-state index contributed by atoms with van der Waals surface area (Å²) in [7, 11) is 0. The first-order valence-corrected chi connectivity index (χ1v) is 6.06. The SMILES string of the molecule is N#CCCN(c1cc(C(=O)O)c([N+](=O)[O-])cn1)C1CC1. The first-order chi connectivity index (χ1) is 9.54. The van der Waals surface area contributed by atoms with Crippen LogP contribution < -0.4 is 4.90 Å². The normalized spacial score (nSPS) is 13.6. The van der Waals surface area contributed by atoms with Gasteiger partial charge in [-0.3, -0.25) is 10.1 Å². The number of nitro groups is 1. The maximum Gasteiger partial charge on any atom is 0.342 e. The van der Waals surface area contributed by atoms with Crippen molar-refractivity contribution in [1.82, 2.24) is 4.98 Å². The van der Waals surface area contributed by atoms with Gasteiger partial charge in [-0.15, -0.1) is 0 Å². The monoisotopic (exact) mass is 276 g/mol. The summed E-state index contributed by atoms with van der Waals surface area (Å²) in [5, 5.41) is 28.5. The van der Waals surface area contributed by atoms with Crippen molar-refractivity contribution in [2.75, 3.05) is 11.4 Å². The molecule has 20 heavy (non-hydrogen) atoms. The van der Waals surface area contributed by atoms with Crippen LogP contribution >= 0.6 is 0 Å². The Kier molecular flexibility index (Phi) is 3.79. The Morgan fingerprint density at radius 1 is 1.65 bits per heavy atom. The third kappa shape index (κ3) is 2.83. The van der Waals surface area contributed by atoms with Crippen LogP contribution in [-0.4, -0.2) is 33.6 Å². The third-order valence-corrected chi connectivity index (χ3v) is 3.04. The molecule has 1 heterocycles. The number of rotatable bonds is 6. The number of nitrogens with zero attached hydrogens (tertiary/aromatic N) is 4. The number of aromatic carboxylic acids is 1. The van der Waals surface area contributed by atoms with Crippen LogP contribution in [0.3, 0.4) is 0 Å². The fourth-order valence-electron chi connectivity index (χ4n) is 1.95. The highest BCUT2D eigenvalue weighted by atomic mass is 16.6. The fraction of sp³-hybridized carbons (Fsp3) is 0.417. The topological polar surface area (TPSA) is 120 Å². The van der Waals surface area contributed by atoms with E-state index in [1.165, 1.54) is 6.07 Å². The van der Waals surface area contributed by atoms with Crippen molar-refractivity contribution in [3.63, 3.8) is 0 Å². The summed E-state index contributed by atoms with van der Waals surface area (Å²) < 4.78 is 0. The number of pyridine rings is 1. The van der Waals surface area contributed by atoms with Crippen molar-refractivity contribution < 1.29 is 14.8 Å². The Bertz CT molecular complexity index is 592. The zero-order valence-corrected chi connectivity index (χ0v) is 10.5. The second-order valence-electron chi connectivity index (χ2n) is 4.45. The van der Waals surface area contributed by atoms with E-state index in [4.69, 9.17) is 10.4 Å². The van der Waals surface area contributed by atoms with Crippen LogP contribution in [0.15, 0.2) is 12.3 Å². The van der Waals surface area contributed by atoms with E-state index in [9.17, 15) is 14.9 Å². The van der Waals surface area contributed by atoms with Crippen LogP contribution in [-0.2, 0) is 0 Å². The molecule has 0 radical (unpaired) electrons. The first-order valence-electron chi connectivity index (χ1n) is 6.06. The fourth-order valence-corrected chi connectivity index (χ4v) is 1.95. The Labute approximate surface area is 114 Å². The molecule has 0 aromatic carbocycles. The van der Waals surface area contributed by atoms with Crippen molar-refractivity contribution in [3.8, 4) is 6.07 Å². The van der Waals surface area contributed by atoms with E-state index in [2.05, 4.69) is 4.98 Å². The maximum absolute atomic E-state index is 11.1. The van der Waals surface area contributed by atoms with Gasteiger partial charge in [0.2, 0.25) is 0 Å². The lowest BCUT2D eigenvalue weighted by atomic mass is 10.2. The molecule has 0 unspecified atom stereocenters. The smallest absolute Gasteiger partial charge is 0.342 e. The quantitative estimate of drug-likeness (QED) is 0.618. The predicted octanol–water partition coefficient (Wildman–Crippen LogP) is 1.57. The lowest BCUT2D eigenvalue weighted by Crippen LogP contribution is -2.28. The van der Waals surface area contributed by atoms with Crippen molar-refractivity contribution in [2.45, 2.75) is 25.3 Å². The predicted molar refractivity (Wildman–Crippen MR) is 68.4 cm³/mol. The minimum Gasteiger partial charge on any atom is -0.477 e. The molecule has 2 rings (SSSR count). The number of anilines is 1. The number of nitriles is 1. The number of hydrogen-bond donors (Lipinski definition) is 1. The van der Waals surface area contributed by atoms with E-state index in [1.807, 2.05) is 11.0 Å². The van der Waals surface area contributed by atoms with Crippen LogP contribution in [0.4, 0.5) is 11.5 Å². The summed E-state index contributed by atoms with van der Waals surface area (Å²) in [5.41, 5.74) is -0.917. The standard InChI is InChI=1S/C12H12N4O4/c13-4-1-5-15(8-2-3-8)11-6-9(12(17)18)10(7-14-11)16(19)20/h6-8H,1-3,5H2,(H,17,18). The summed E-state index contributed by atoms with van der Waals surface area (Å²) >= 11 is 0. The number of aromatic nitrogens is 1. The van der Waals surface area contributed by atoms with E-state index < -0.39 is 16.6 Å². The zero-order chi connectivity index (χ0) is 14.7. The number of carboxylic acids is 1. The summed E-state index contributed by atoms with van der Waals surface area (Å²) in [6.07, 6.45) is 3.15. The maximum atomic E-state index is 11.1. The zero-order valence-electron chi connectivity index (χ0n) is 10.5. The van der Waals surface area contributed by atoms with Gasteiger partial charge in [0.1, 0.15) is 17.6 Å². The average molecular weight is 276 g/mol. The van der Waals surface area contributed by atoms with Crippen molar-refractivity contribution in [1.29, 1.82) is 5.26 Å². The largest absolute Gasteiger partial charge is 0.477 e. The molecular formula is C12H12N4O4. The third-order valence-electron chi connectivity index (χ3n) is 3.04. The molecule has 1 aliphatic carbocycles. The van der Waals surface area contributed by atoms with Crippen molar-refractivity contribution >= 4 is 17.5 Å². The van der Waals surface area contributed by atoms with Gasteiger partial charge < -0.3 is 10.0 Å². The number of carbonyl (C=O) groups is 1. The van der Waals surface area contributed by atoms with Gasteiger partial charge in [-0.25, -0.2) is 9.78 Å². The average Bonchev–Trinajstić information content (AvgIpc) is 3.23. The van der Waals surface area contributed by atoms with Gasteiger partial charge in [-0.05, 0) is 12.8 Å². The van der Waals surface area contributed by atoms with Crippen LogP contribution in [0.5, 0.6) is 0 Å². The van der Waals surface area contributed by atoms with Gasteiger partial charge >= 0.3 is 11.7 Å². The lowest BCUT2D eigenvalue weighted by Gasteiger charge is -2.22. The molecule has 1 fully saturated rings. The Morgan fingerprint density at radius 3 is 2.85 bits per heavy atom. The molecule has 0 bridgehead atoms. The molecule has 1 saturated carbocycles. The molecule has 8 nitrogen and oxygen atoms in total. The lowest BCUT2D eigenvalue weighted by molar-refractivity contribution is -0.385. The second kappa shape index (κ2) is 5.52. The molecule has 0 saturated heterocycles. The highest BCUT2D eigenvalue weighted by Gasteiger charge is 2.31. The summed E-state index contributed by atoms with van der Waals surface area (Å²) in [6, 6.07) is 3.46. The molecule has 8 heteroatoms. The first kappa shape index (κ1) is 13.7. The van der Waals surface area contributed by atoms with Gasteiger partial charge in [0.05, 0.1) is 17.4 Å². The van der Waals surface area contributed by atoms with Gasteiger partial charge in [-0.1, -0.05) is 0 Å². The minimum atomic E-state index is -1.36. The van der Waals surface area contributed by atoms with Gasteiger partial charge in [-0.2, -0.15) is 5.26 Å². The number of carboxylic acid groups (broad SMARTS) is 1. The van der Waals surface area contributed by atoms with Gasteiger partial charge in [0, 0.05) is 18.7 Å². The van der Waals surface area contributed by atoms with Crippen LogP contribution in [0.25, 0.3) is 0 Å². The molecular weight excluding hydrogens is 264 g/mol. The summed E-state index contributed by atoms with van der Waals surface area (Å²) in [5.74, 6) is -0.998. The van der Waals surface area contributed by atoms with E-state index in [0.717, 1.165) is 19.0 Å². The van der Waals surface area contributed by atoms with Gasteiger partial charge in [0.15, 0.2) is 0 Å². The molecule has 104 valence electrons. The van der Waals surface area contributed by atoms with E-state index in [0.29, 0.717) is 12.4 Å².